The van der Waals surface area contributed by atoms with Crippen molar-refractivity contribution in [3.8, 4) is 0 Å². The molecule has 2 aliphatic heterocycles. The van der Waals surface area contributed by atoms with E-state index in [1.54, 1.807) is 0 Å². The molecule has 0 spiro atoms. The third kappa shape index (κ3) is 6.18. The van der Waals surface area contributed by atoms with Crippen LogP contribution in [0.15, 0.2) is 5.10 Å². The van der Waals surface area contributed by atoms with Crippen molar-refractivity contribution in [1.82, 2.24) is 15.6 Å². The number of ketones is 1. The number of amidine groups is 1. The highest BCUT2D eigenvalue weighted by Crippen LogP contribution is 2.25. The molecule has 0 aromatic heterocycles. The van der Waals surface area contributed by atoms with Gasteiger partial charge in [-0.05, 0) is 31.6 Å². The van der Waals surface area contributed by atoms with E-state index in [0.717, 1.165) is 50.8 Å². The van der Waals surface area contributed by atoms with Crippen LogP contribution >= 0.6 is 11.8 Å². The van der Waals surface area contributed by atoms with Crippen LogP contribution in [0.2, 0.25) is 0 Å². The van der Waals surface area contributed by atoms with Crippen LogP contribution in [0, 0.1) is 11.8 Å². The van der Waals surface area contributed by atoms with E-state index in [9.17, 15) is 14.4 Å². The highest BCUT2D eigenvalue weighted by Gasteiger charge is 2.36. The molecule has 1 aliphatic carbocycles. The highest BCUT2D eigenvalue weighted by molar-refractivity contribution is 8.14. The van der Waals surface area contributed by atoms with E-state index in [1.165, 1.54) is 11.8 Å². The van der Waals surface area contributed by atoms with Crippen molar-refractivity contribution in [3.05, 3.63) is 0 Å². The van der Waals surface area contributed by atoms with Crippen LogP contribution in [-0.4, -0.2) is 66.3 Å². The summed E-state index contributed by atoms with van der Waals surface area (Å²) in [7, 11) is 1.89. The number of hydrazone groups is 1. The molecule has 162 valence electrons. The number of rotatable bonds is 6. The van der Waals surface area contributed by atoms with Gasteiger partial charge < -0.3 is 15.0 Å². The molecule has 0 radical (unpaired) electrons. The fraction of sp³-hybridized carbons (Fsp3) is 0.800. The Labute approximate surface area is 176 Å². The first-order valence-corrected chi connectivity index (χ1v) is 11.7. The van der Waals surface area contributed by atoms with Gasteiger partial charge in [-0.25, -0.2) is 5.43 Å². The van der Waals surface area contributed by atoms with Gasteiger partial charge in [-0.3, -0.25) is 14.4 Å². The third-order valence-corrected chi connectivity index (χ3v) is 7.05. The van der Waals surface area contributed by atoms with Gasteiger partial charge in [0.1, 0.15) is 6.04 Å². The van der Waals surface area contributed by atoms with Gasteiger partial charge in [0.05, 0.1) is 0 Å². The van der Waals surface area contributed by atoms with Gasteiger partial charge in [0.15, 0.2) is 5.17 Å². The maximum Gasteiger partial charge on any atom is 0.309 e. The van der Waals surface area contributed by atoms with Crippen LogP contribution in [0.3, 0.4) is 0 Å². The minimum atomic E-state index is -0.816. The Morgan fingerprint density at radius 1 is 1.10 bits per heavy atom. The Balaban J connectivity index is 1.65. The van der Waals surface area contributed by atoms with Crippen LogP contribution < -0.4 is 10.7 Å². The van der Waals surface area contributed by atoms with E-state index < -0.39 is 17.7 Å². The molecule has 0 aromatic rings. The fourth-order valence-electron chi connectivity index (χ4n) is 4.15. The normalized spacial score (nSPS) is 24.2. The summed E-state index contributed by atoms with van der Waals surface area (Å²) in [6, 6.07) is -0.816. The third-order valence-electron chi connectivity index (χ3n) is 6.00. The predicted octanol–water partition coefficient (Wildman–Crippen LogP) is 1.50. The molecule has 1 saturated carbocycles. The van der Waals surface area contributed by atoms with Crippen LogP contribution in [-0.2, 0) is 19.1 Å². The summed E-state index contributed by atoms with van der Waals surface area (Å²) in [5, 5.41) is 7.71. The number of thioether (sulfide) groups is 1. The van der Waals surface area contributed by atoms with Gasteiger partial charge in [0.25, 0.3) is 0 Å². The van der Waals surface area contributed by atoms with E-state index in [4.69, 9.17) is 4.74 Å². The maximum atomic E-state index is 13.0. The minimum absolute atomic E-state index is 0.0699. The van der Waals surface area contributed by atoms with Crippen molar-refractivity contribution in [1.29, 1.82) is 0 Å². The molecule has 2 heterocycles. The lowest BCUT2D eigenvalue weighted by molar-refractivity contribution is -0.142. The van der Waals surface area contributed by atoms with Gasteiger partial charge >= 0.3 is 5.91 Å². The second-order valence-electron chi connectivity index (χ2n) is 8.09. The first kappa shape index (κ1) is 22.1. The molecule has 1 unspecified atom stereocenters. The number of nitrogens with one attached hydrogen (secondary N) is 2. The van der Waals surface area contributed by atoms with Crippen LogP contribution in [0.25, 0.3) is 0 Å². The van der Waals surface area contributed by atoms with Crippen molar-refractivity contribution < 1.29 is 19.1 Å². The number of amides is 2. The molecule has 3 aliphatic rings. The molecule has 2 amide bonds. The predicted molar refractivity (Wildman–Crippen MR) is 112 cm³/mol. The van der Waals surface area contributed by atoms with E-state index in [0.29, 0.717) is 31.2 Å². The molecule has 2 N–H and O–H groups in total. The number of hydrogen-bond donors (Lipinski definition) is 2. The largest absolute Gasteiger partial charge is 0.381 e. The summed E-state index contributed by atoms with van der Waals surface area (Å²) in [5.41, 5.74) is 2.39. The Morgan fingerprint density at radius 3 is 2.41 bits per heavy atom. The molecule has 9 heteroatoms. The summed E-state index contributed by atoms with van der Waals surface area (Å²) in [5.74, 6) is -0.736. The van der Waals surface area contributed by atoms with Crippen LogP contribution in [0.5, 0.6) is 0 Å². The average Bonchev–Trinajstić information content (AvgIpc) is 2.97. The fourth-order valence-corrected chi connectivity index (χ4v) is 5.12. The topological polar surface area (TPSA) is 100 Å². The first-order chi connectivity index (χ1) is 14.1. The lowest BCUT2D eigenvalue weighted by Crippen LogP contribution is -2.53. The summed E-state index contributed by atoms with van der Waals surface area (Å²) in [4.78, 5) is 40.3. The highest BCUT2D eigenvalue weighted by atomic mass is 32.2. The van der Waals surface area contributed by atoms with Crippen molar-refractivity contribution in [2.75, 3.05) is 32.6 Å². The molecular formula is C20H32N4O4S. The second kappa shape index (κ2) is 11.0. The Morgan fingerprint density at radius 2 is 1.79 bits per heavy atom. The summed E-state index contributed by atoms with van der Waals surface area (Å²) in [6.45, 7) is 1.94. The average molecular weight is 425 g/mol. The molecular weight excluding hydrogens is 392 g/mol. The number of nitrogens with zero attached hydrogens (tertiary/aromatic N) is 2. The maximum absolute atomic E-state index is 13.0. The first-order valence-electron chi connectivity index (χ1n) is 10.7. The van der Waals surface area contributed by atoms with Gasteiger partial charge in [0, 0.05) is 38.5 Å². The Hall–Kier alpha value is -1.61. The van der Waals surface area contributed by atoms with E-state index in [2.05, 4.69) is 15.8 Å². The number of carbonyl (C=O) groups excluding carboxylic acids is 3. The van der Waals surface area contributed by atoms with E-state index in [1.807, 2.05) is 11.9 Å². The number of carbonyl (C=O) groups is 3. The molecule has 3 fully saturated rings. The standard InChI is InChI=1S/C20H32N4O4S/c1-24-10-13-29-20(24)23-22-19(27)17(25)16(14-8-11-28-12-9-14)21-18(26)15-6-4-2-3-5-7-15/h14-16H,2-13H2,1H3,(H,21,26)(H,22,27). The number of hydrogen-bond acceptors (Lipinski definition) is 6. The SMILES string of the molecule is CN1CCSC1=NNC(=O)C(=O)C(NC(=O)C1CCCCCC1)C1CCOCC1. The molecule has 2 saturated heterocycles. The van der Waals surface area contributed by atoms with Crippen molar-refractivity contribution >= 4 is 34.5 Å². The smallest absolute Gasteiger partial charge is 0.309 e. The quantitative estimate of drug-likeness (QED) is 0.381. The molecule has 3 rings (SSSR count). The van der Waals surface area contributed by atoms with Crippen molar-refractivity contribution in [2.45, 2.75) is 57.4 Å². The van der Waals surface area contributed by atoms with Crippen molar-refractivity contribution in [2.24, 2.45) is 16.9 Å². The zero-order chi connectivity index (χ0) is 20.6. The van der Waals surface area contributed by atoms with Crippen LogP contribution in [0.4, 0.5) is 0 Å². The molecule has 0 bridgehead atoms. The van der Waals surface area contributed by atoms with Crippen molar-refractivity contribution in [3.63, 3.8) is 0 Å². The molecule has 8 nitrogen and oxygen atoms in total. The summed E-state index contributed by atoms with van der Waals surface area (Å²) >= 11 is 1.54. The second-order valence-corrected chi connectivity index (χ2v) is 9.16. The lowest BCUT2D eigenvalue weighted by atomic mass is 9.87. The molecule has 1 atom stereocenters. The van der Waals surface area contributed by atoms with Gasteiger partial charge in [-0.1, -0.05) is 37.4 Å². The molecule has 29 heavy (non-hydrogen) atoms. The Kier molecular flexibility index (Phi) is 8.35. The summed E-state index contributed by atoms with van der Waals surface area (Å²) < 4.78 is 5.40. The van der Waals surface area contributed by atoms with E-state index >= 15 is 0 Å². The van der Waals surface area contributed by atoms with Gasteiger partial charge in [-0.15, -0.1) is 5.10 Å². The Bertz CT molecular complexity index is 628. The number of Topliss-reactive ketones (excluding diaryl/α,β-unsaturated/α-hetero) is 1. The lowest BCUT2D eigenvalue weighted by Gasteiger charge is -2.30. The monoisotopic (exact) mass is 424 g/mol. The van der Waals surface area contributed by atoms with E-state index in [-0.39, 0.29) is 17.7 Å². The van der Waals surface area contributed by atoms with Gasteiger partial charge in [0.2, 0.25) is 11.7 Å². The zero-order valence-electron chi connectivity index (χ0n) is 17.2. The molecule has 0 aromatic carbocycles. The van der Waals surface area contributed by atoms with Crippen LogP contribution in [0.1, 0.15) is 51.4 Å². The van der Waals surface area contributed by atoms with Gasteiger partial charge in [-0.2, -0.15) is 0 Å². The summed E-state index contributed by atoms with van der Waals surface area (Å²) in [6.07, 6.45) is 7.40. The minimum Gasteiger partial charge on any atom is -0.381 e. The number of ether oxygens (including phenoxy) is 1. The zero-order valence-corrected chi connectivity index (χ0v) is 18.0.